The van der Waals surface area contributed by atoms with Gasteiger partial charge in [-0.15, -0.1) is 0 Å². The highest BCUT2D eigenvalue weighted by atomic mass is 16.6. The SMILES string of the molecule is CC(C)C1=C2C3CCC4[C@@]5(C)CC[C@H](OC(=O)CC(C)(C)C(=O)O)C(C)(C)C5CC[C@@]4(C)[C@]3(C)CCC2(NC(=O)OC2CCCCC2)CC1=O. The lowest BCUT2D eigenvalue weighted by Crippen LogP contribution is -2.67. The van der Waals surface area contributed by atoms with Crippen molar-refractivity contribution in [2.24, 2.45) is 50.7 Å². The summed E-state index contributed by atoms with van der Waals surface area (Å²) in [4.78, 5) is 52.3. The Morgan fingerprint density at radius 2 is 1.52 bits per heavy atom. The van der Waals surface area contributed by atoms with Gasteiger partial charge in [-0.1, -0.05) is 54.9 Å². The van der Waals surface area contributed by atoms with Crippen LogP contribution in [-0.4, -0.2) is 46.7 Å². The average Bonchev–Trinajstić information content (AvgIpc) is 3.30. The summed E-state index contributed by atoms with van der Waals surface area (Å²) in [5.74, 6) is -0.0557. The maximum Gasteiger partial charge on any atom is 0.408 e. The van der Waals surface area contributed by atoms with E-state index in [2.05, 4.69) is 53.8 Å². The molecule has 50 heavy (non-hydrogen) atoms. The van der Waals surface area contributed by atoms with Crippen LogP contribution >= 0.6 is 0 Å². The standard InChI is InChI=1S/C42H65NO7/c1-25(2)33-28(44)23-42(43-36(48)49-26-13-11-10-12-14-26)22-21-40(8)27(34(33)42)15-16-30-39(7)19-18-31(50-32(45)24-37(3,4)35(46)47)38(5,6)29(39)17-20-41(30,40)9/h25-27,29-31H,10-24H2,1-9H3,(H,43,48)(H,46,47)/t27?,29?,30?,31-,39-,40+,41+,42?/m0/s1. The summed E-state index contributed by atoms with van der Waals surface area (Å²) in [7, 11) is 0. The summed E-state index contributed by atoms with van der Waals surface area (Å²) >= 11 is 0. The molecule has 0 aromatic heterocycles. The number of aliphatic carboxylic acids is 1. The summed E-state index contributed by atoms with van der Waals surface area (Å²) in [6.45, 7) is 19.5. The number of carboxylic acid groups (broad SMARTS) is 1. The lowest BCUT2D eigenvalue weighted by atomic mass is 9.33. The third-order valence-corrected chi connectivity index (χ3v) is 16.0. The number of nitrogens with one attached hydrogen (secondary N) is 1. The van der Waals surface area contributed by atoms with Crippen LogP contribution in [0.4, 0.5) is 4.79 Å². The van der Waals surface area contributed by atoms with Crippen LogP contribution in [0.15, 0.2) is 11.1 Å². The van der Waals surface area contributed by atoms with Crippen molar-refractivity contribution in [3.05, 3.63) is 11.1 Å². The van der Waals surface area contributed by atoms with Gasteiger partial charge in [-0.05, 0) is 142 Å². The second kappa shape index (κ2) is 12.6. The van der Waals surface area contributed by atoms with Gasteiger partial charge >= 0.3 is 18.0 Å². The minimum Gasteiger partial charge on any atom is -0.481 e. The fourth-order valence-electron chi connectivity index (χ4n) is 13.1. The Hall–Kier alpha value is -2.38. The number of carboxylic acids is 1. The van der Waals surface area contributed by atoms with Crippen LogP contribution in [0.3, 0.4) is 0 Å². The second-order valence-corrected chi connectivity index (χ2v) is 19.8. The van der Waals surface area contributed by atoms with Crippen LogP contribution in [0.25, 0.3) is 0 Å². The monoisotopic (exact) mass is 695 g/mol. The molecule has 2 N–H and O–H groups in total. The van der Waals surface area contributed by atoms with E-state index in [-0.39, 0.29) is 64.0 Å². The first-order valence-corrected chi connectivity index (χ1v) is 19.9. The molecule has 0 aliphatic heterocycles. The van der Waals surface area contributed by atoms with Crippen molar-refractivity contribution in [2.45, 2.75) is 176 Å². The Bertz CT molecular complexity index is 1440. The number of amides is 1. The first kappa shape index (κ1) is 37.4. The van der Waals surface area contributed by atoms with E-state index in [0.29, 0.717) is 18.3 Å². The maximum atomic E-state index is 13.9. The van der Waals surface area contributed by atoms with Crippen LogP contribution in [-0.2, 0) is 23.9 Å². The molecule has 0 aromatic rings. The smallest absolute Gasteiger partial charge is 0.408 e. The zero-order valence-corrected chi connectivity index (χ0v) is 32.5. The Morgan fingerprint density at radius 3 is 2.16 bits per heavy atom. The minimum atomic E-state index is -1.16. The number of allylic oxidation sites excluding steroid dienone is 1. The average molecular weight is 696 g/mol. The number of ketones is 1. The molecule has 0 bridgehead atoms. The van der Waals surface area contributed by atoms with Crippen molar-refractivity contribution < 1.29 is 33.8 Å². The van der Waals surface area contributed by atoms with Gasteiger partial charge in [0, 0.05) is 11.8 Å². The predicted octanol–water partition coefficient (Wildman–Crippen LogP) is 9.19. The van der Waals surface area contributed by atoms with Gasteiger partial charge in [-0.3, -0.25) is 14.4 Å². The van der Waals surface area contributed by atoms with Crippen LogP contribution in [0, 0.1) is 50.7 Å². The summed E-state index contributed by atoms with van der Waals surface area (Å²) in [5.41, 5.74) is 0.184. The van der Waals surface area contributed by atoms with E-state index in [4.69, 9.17) is 9.47 Å². The third-order valence-electron chi connectivity index (χ3n) is 16.0. The Morgan fingerprint density at radius 1 is 0.840 bits per heavy atom. The number of alkyl carbamates (subject to hydrolysis) is 1. The van der Waals surface area contributed by atoms with E-state index in [1.807, 2.05) is 0 Å². The number of carbonyl (C=O) groups is 4. The summed E-state index contributed by atoms with van der Waals surface area (Å²) in [6.07, 6.45) is 12.5. The van der Waals surface area contributed by atoms with Gasteiger partial charge in [0.15, 0.2) is 5.78 Å². The van der Waals surface area contributed by atoms with Crippen LogP contribution in [0.5, 0.6) is 0 Å². The van der Waals surface area contributed by atoms with Gasteiger partial charge in [0.2, 0.25) is 0 Å². The van der Waals surface area contributed by atoms with Gasteiger partial charge < -0.3 is 19.9 Å². The van der Waals surface area contributed by atoms with Gasteiger partial charge in [0.1, 0.15) is 12.2 Å². The molecule has 0 aromatic carbocycles. The first-order valence-electron chi connectivity index (χ1n) is 19.9. The Kier molecular flexibility index (Phi) is 9.45. The fraction of sp³-hybridized carbons (Fsp3) is 0.857. The fourth-order valence-corrected chi connectivity index (χ4v) is 13.1. The molecule has 0 saturated heterocycles. The third kappa shape index (κ3) is 5.76. The highest BCUT2D eigenvalue weighted by molar-refractivity contribution is 6.02. The number of rotatable bonds is 7. The molecule has 280 valence electrons. The molecule has 8 nitrogen and oxygen atoms in total. The van der Waals surface area contributed by atoms with E-state index in [0.717, 1.165) is 82.6 Å². The van der Waals surface area contributed by atoms with Crippen molar-refractivity contribution in [2.75, 3.05) is 0 Å². The van der Waals surface area contributed by atoms with Gasteiger partial charge in [0.25, 0.3) is 0 Å². The number of hydrogen-bond donors (Lipinski definition) is 2. The van der Waals surface area contributed by atoms with Crippen LogP contribution < -0.4 is 5.32 Å². The largest absolute Gasteiger partial charge is 0.481 e. The number of ether oxygens (including phenoxy) is 2. The molecule has 8 heteroatoms. The molecule has 0 spiro atoms. The highest BCUT2D eigenvalue weighted by Gasteiger charge is 2.70. The number of hydrogen-bond acceptors (Lipinski definition) is 6. The van der Waals surface area contributed by atoms with Gasteiger partial charge in [-0.2, -0.15) is 0 Å². The molecule has 4 unspecified atom stereocenters. The second-order valence-electron chi connectivity index (χ2n) is 19.8. The molecule has 6 aliphatic carbocycles. The maximum absolute atomic E-state index is 13.9. The minimum absolute atomic E-state index is 0.0294. The number of Topliss-reactive ketones (excluding diaryl/α,β-unsaturated/α-hetero) is 1. The Balaban J connectivity index is 1.27. The Labute approximate surface area is 300 Å². The van der Waals surface area contributed by atoms with E-state index in [1.165, 1.54) is 12.0 Å². The van der Waals surface area contributed by atoms with E-state index < -0.39 is 22.9 Å². The molecular weight excluding hydrogens is 630 g/mol. The van der Waals surface area contributed by atoms with E-state index >= 15 is 0 Å². The molecule has 6 rings (SSSR count). The number of esters is 1. The van der Waals surface area contributed by atoms with Gasteiger partial charge in [0.05, 0.1) is 17.4 Å². The molecule has 6 aliphatic rings. The molecule has 0 radical (unpaired) electrons. The summed E-state index contributed by atoms with van der Waals surface area (Å²) < 4.78 is 12.2. The van der Waals surface area contributed by atoms with Crippen molar-refractivity contribution >= 4 is 23.8 Å². The van der Waals surface area contributed by atoms with Crippen molar-refractivity contribution in [1.82, 2.24) is 5.32 Å². The topological polar surface area (TPSA) is 119 Å². The highest BCUT2D eigenvalue weighted by Crippen LogP contribution is 2.76. The van der Waals surface area contributed by atoms with Gasteiger partial charge in [-0.25, -0.2) is 4.79 Å². The number of carbonyl (C=O) groups excluding carboxylic acids is 3. The van der Waals surface area contributed by atoms with Crippen LogP contribution in [0.2, 0.25) is 0 Å². The number of fused-ring (bicyclic) bond motifs is 7. The summed E-state index contributed by atoms with van der Waals surface area (Å²) in [5, 5.41) is 13.0. The van der Waals surface area contributed by atoms with Crippen molar-refractivity contribution in [3.63, 3.8) is 0 Å². The molecule has 0 heterocycles. The molecular formula is C42H65NO7. The quantitative estimate of drug-likeness (QED) is 0.255. The first-order chi connectivity index (χ1) is 23.2. The zero-order valence-electron chi connectivity index (χ0n) is 32.5. The predicted molar refractivity (Wildman–Crippen MR) is 192 cm³/mol. The lowest BCUT2D eigenvalue weighted by molar-refractivity contribution is -0.232. The summed E-state index contributed by atoms with van der Waals surface area (Å²) in [6, 6.07) is 0. The zero-order chi connectivity index (χ0) is 36.7. The van der Waals surface area contributed by atoms with E-state index in [1.54, 1.807) is 13.8 Å². The molecule has 1 amide bonds. The molecule has 5 fully saturated rings. The lowest BCUT2D eigenvalue weighted by Gasteiger charge is -2.72. The van der Waals surface area contributed by atoms with Crippen molar-refractivity contribution in [3.8, 4) is 0 Å². The molecule has 5 saturated carbocycles. The van der Waals surface area contributed by atoms with Crippen LogP contribution in [0.1, 0.15) is 159 Å². The molecule has 8 atom stereocenters. The van der Waals surface area contributed by atoms with E-state index in [9.17, 15) is 24.3 Å². The normalized spacial score (nSPS) is 39.9. The van der Waals surface area contributed by atoms with Crippen molar-refractivity contribution in [1.29, 1.82) is 0 Å².